The van der Waals surface area contributed by atoms with E-state index >= 15 is 0 Å². The van der Waals surface area contributed by atoms with Crippen LogP contribution in [0.4, 0.5) is 0 Å². The smallest absolute Gasteiger partial charge is 0.322 e. The van der Waals surface area contributed by atoms with Crippen molar-refractivity contribution in [2.24, 2.45) is 23.7 Å². The average Bonchev–Trinajstić information content (AvgIpc) is 2.43. The van der Waals surface area contributed by atoms with Gasteiger partial charge in [-0.3, -0.25) is 4.79 Å². The minimum absolute atomic E-state index is 0.0738. The van der Waals surface area contributed by atoms with Crippen LogP contribution in [0.3, 0.4) is 0 Å². The Hall–Kier alpha value is -0.790. The highest BCUT2D eigenvalue weighted by molar-refractivity contribution is 6.26. The predicted molar refractivity (Wildman–Crippen MR) is 72.8 cm³/mol. The van der Waals surface area contributed by atoms with Gasteiger partial charge < -0.3 is 9.47 Å². The molecule has 0 aromatic heterocycles. The Balaban J connectivity index is 1.71. The second-order valence-corrected chi connectivity index (χ2v) is 6.77. The first-order valence-corrected chi connectivity index (χ1v) is 7.94. The summed E-state index contributed by atoms with van der Waals surface area (Å²) in [6.45, 7) is -0.0738. The second kappa shape index (κ2) is 5.54. The normalized spacial score (nSPS) is 41.4. The molecule has 20 heavy (non-hydrogen) atoms. The van der Waals surface area contributed by atoms with E-state index in [1.54, 1.807) is 0 Å². The summed E-state index contributed by atoms with van der Waals surface area (Å²) >= 11 is 5.41. The molecule has 0 N–H and O–H groups in total. The van der Waals surface area contributed by atoms with Gasteiger partial charge >= 0.3 is 5.97 Å². The van der Waals surface area contributed by atoms with Gasteiger partial charge in [-0.1, -0.05) is 0 Å². The number of ether oxygens (including phenoxy) is 2. The molecular weight excluding hydrogens is 278 g/mol. The van der Waals surface area contributed by atoms with Gasteiger partial charge in [-0.05, 0) is 55.8 Å². The Morgan fingerprint density at radius 2 is 1.80 bits per heavy atom. The first kappa shape index (κ1) is 14.2. The maximum Gasteiger partial charge on any atom is 0.322 e. The molecule has 0 aromatic carbocycles. The third kappa shape index (κ3) is 2.31. The van der Waals surface area contributed by atoms with Crippen LogP contribution in [0, 0.1) is 35.0 Å². The Morgan fingerprint density at radius 3 is 2.30 bits per heavy atom. The summed E-state index contributed by atoms with van der Waals surface area (Å²) in [6, 6.07) is 2.30. The van der Waals surface area contributed by atoms with Crippen LogP contribution in [-0.4, -0.2) is 24.2 Å². The molecule has 4 nitrogen and oxygen atoms in total. The predicted octanol–water partition coefficient (Wildman–Crippen LogP) is 2.85. The first-order chi connectivity index (χ1) is 9.68. The van der Waals surface area contributed by atoms with Crippen LogP contribution in [0.1, 0.15) is 38.5 Å². The van der Waals surface area contributed by atoms with E-state index in [9.17, 15) is 10.1 Å². The van der Waals surface area contributed by atoms with E-state index in [0.717, 1.165) is 37.5 Å². The summed E-state index contributed by atoms with van der Waals surface area (Å²) in [6.07, 6.45) is 6.42. The number of hydrogen-bond acceptors (Lipinski definition) is 4. The Morgan fingerprint density at radius 1 is 1.20 bits per heavy atom. The van der Waals surface area contributed by atoms with Gasteiger partial charge in [0.2, 0.25) is 0 Å². The number of halogens is 1. The topological polar surface area (TPSA) is 59.3 Å². The average molecular weight is 298 g/mol. The van der Waals surface area contributed by atoms with Gasteiger partial charge in [-0.15, -0.1) is 11.6 Å². The van der Waals surface area contributed by atoms with Gasteiger partial charge in [0.15, 0.2) is 6.79 Å². The number of carbonyl (C=O) groups is 1. The molecule has 0 saturated heterocycles. The molecule has 4 aliphatic rings. The van der Waals surface area contributed by atoms with Crippen LogP contribution in [0.5, 0.6) is 0 Å². The molecule has 0 aromatic rings. The van der Waals surface area contributed by atoms with Gasteiger partial charge in [-0.2, -0.15) is 5.26 Å². The molecule has 4 bridgehead atoms. The molecule has 4 fully saturated rings. The number of hydrogen-bond donors (Lipinski definition) is 0. The molecule has 4 saturated carbocycles. The standard InChI is InChI=1S/C15H20ClNO3/c16-8-14(18)19-9-20-15(1-2-17)12-4-10-3-11(6-12)7-13(15)5-10/h10-13H,1,3-9H2. The van der Waals surface area contributed by atoms with Crippen molar-refractivity contribution in [1.82, 2.24) is 0 Å². The zero-order chi connectivity index (χ0) is 14.2. The van der Waals surface area contributed by atoms with Crippen LogP contribution < -0.4 is 0 Å². The van der Waals surface area contributed by atoms with Crippen molar-refractivity contribution < 1.29 is 14.3 Å². The molecule has 0 unspecified atom stereocenters. The van der Waals surface area contributed by atoms with E-state index in [1.807, 2.05) is 0 Å². The lowest BCUT2D eigenvalue weighted by Crippen LogP contribution is -2.59. The Bertz CT molecular complexity index is 403. The van der Waals surface area contributed by atoms with Crippen LogP contribution in [0.25, 0.3) is 0 Å². The summed E-state index contributed by atoms with van der Waals surface area (Å²) in [5, 5.41) is 9.21. The Kier molecular flexibility index (Phi) is 3.92. The number of esters is 1. The molecule has 5 heteroatoms. The summed E-state index contributed by atoms with van der Waals surface area (Å²) in [5.41, 5.74) is -0.394. The first-order valence-electron chi connectivity index (χ1n) is 7.40. The number of rotatable bonds is 5. The highest BCUT2D eigenvalue weighted by atomic mass is 35.5. The molecule has 4 aliphatic carbocycles. The number of nitriles is 1. The van der Waals surface area contributed by atoms with Crippen LogP contribution in [-0.2, 0) is 14.3 Å². The van der Waals surface area contributed by atoms with Gasteiger partial charge in [0, 0.05) is 0 Å². The van der Waals surface area contributed by atoms with E-state index in [2.05, 4.69) is 6.07 Å². The summed E-state index contributed by atoms with van der Waals surface area (Å²) in [4.78, 5) is 11.1. The van der Waals surface area contributed by atoms with Gasteiger partial charge in [0.1, 0.15) is 5.88 Å². The van der Waals surface area contributed by atoms with E-state index < -0.39 is 11.6 Å². The van der Waals surface area contributed by atoms with Gasteiger partial charge in [0.05, 0.1) is 18.1 Å². The molecule has 0 amide bonds. The maximum atomic E-state index is 11.1. The molecule has 0 radical (unpaired) electrons. The van der Waals surface area contributed by atoms with Crippen molar-refractivity contribution >= 4 is 17.6 Å². The zero-order valence-corrected chi connectivity index (χ0v) is 12.3. The van der Waals surface area contributed by atoms with Crippen molar-refractivity contribution in [2.75, 3.05) is 12.7 Å². The van der Waals surface area contributed by atoms with Crippen molar-refractivity contribution in [2.45, 2.75) is 44.1 Å². The van der Waals surface area contributed by atoms with E-state index in [0.29, 0.717) is 18.3 Å². The Labute approximate surface area is 124 Å². The van der Waals surface area contributed by atoms with Crippen molar-refractivity contribution in [3.05, 3.63) is 0 Å². The third-order valence-electron chi connectivity index (χ3n) is 5.53. The van der Waals surface area contributed by atoms with E-state index in [-0.39, 0.29) is 12.7 Å². The maximum absolute atomic E-state index is 11.1. The SMILES string of the molecule is N#CCC1(OCOC(=O)CCl)C2CC3CC(C2)CC1C3. The van der Waals surface area contributed by atoms with Gasteiger partial charge in [0.25, 0.3) is 0 Å². The zero-order valence-electron chi connectivity index (χ0n) is 11.5. The molecule has 4 rings (SSSR count). The van der Waals surface area contributed by atoms with Crippen molar-refractivity contribution in [3.8, 4) is 6.07 Å². The lowest BCUT2D eigenvalue weighted by Gasteiger charge is -2.60. The lowest BCUT2D eigenvalue weighted by molar-refractivity contribution is -0.236. The number of nitrogens with zero attached hydrogens (tertiary/aromatic N) is 1. The molecule has 0 heterocycles. The highest BCUT2D eigenvalue weighted by Gasteiger charge is 2.58. The highest BCUT2D eigenvalue weighted by Crippen LogP contribution is 2.60. The lowest BCUT2D eigenvalue weighted by atomic mass is 9.49. The fourth-order valence-electron chi connectivity index (χ4n) is 4.92. The summed E-state index contributed by atoms with van der Waals surface area (Å²) in [7, 11) is 0. The monoisotopic (exact) mass is 297 g/mol. The molecule has 0 atom stereocenters. The summed E-state index contributed by atoms with van der Waals surface area (Å²) < 4.78 is 11.0. The fraction of sp³-hybridized carbons (Fsp3) is 0.867. The fourth-order valence-corrected chi connectivity index (χ4v) is 5.00. The van der Waals surface area contributed by atoms with E-state index in [4.69, 9.17) is 21.1 Å². The number of alkyl halides is 1. The minimum Gasteiger partial charge on any atom is -0.438 e. The van der Waals surface area contributed by atoms with Crippen molar-refractivity contribution in [1.29, 1.82) is 5.26 Å². The molecule has 0 spiro atoms. The van der Waals surface area contributed by atoms with Gasteiger partial charge in [-0.25, -0.2) is 0 Å². The summed E-state index contributed by atoms with van der Waals surface area (Å²) in [5.74, 6) is 1.91. The van der Waals surface area contributed by atoms with Crippen molar-refractivity contribution in [3.63, 3.8) is 0 Å². The van der Waals surface area contributed by atoms with Crippen LogP contribution in [0.2, 0.25) is 0 Å². The van der Waals surface area contributed by atoms with Crippen LogP contribution in [0.15, 0.2) is 0 Å². The quantitative estimate of drug-likeness (QED) is 0.445. The third-order valence-corrected chi connectivity index (χ3v) is 5.75. The van der Waals surface area contributed by atoms with Crippen LogP contribution >= 0.6 is 11.6 Å². The largest absolute Gasteiger partial charge is 0.438 e. The number of carbonyl (C=O) groups excluding carboxylic acids is 1. The molecule has 110 valence electrons. The molecular formula is C15H20ClNO3. The molecule has 0 aliphatic heterocycles. The second-order valence-electron chi connectivity index (χ2n) is 6.51. The van der Waals surface area contributed by atoms with E-state index in [1.165, 1.54) is 6.42 Å². The minimum atomic E-state index is -0.470.